The number of rotatable bonds is 9. The first kappa shape index (κ1) is 22.6. The predicted molar refractivity (Wildman–Crippen MR) is 128 cm³/mol. The van der Waals surface area contributed by atoms with Gasteiger partial charge in [0.2, 0.25) is 0 Å². The molecule has 0 aromatic heterocycles. The van der Waals surface area contributed by atoms with Crippen LogP contribution in [0.3, 0.4) is 0 Å². The number of nitrogens with zero attached hydrogens (tertiary/aromatic N) is 2. The molecule has 170 valence electrons. The number of hydrogen-bond acceptors (Lipinski definition) is 5. The molecular weight excluding hydrogens is 416 g/mol. The quantitative estimate of drug-likeness (QED) is 0.482. The Morgan fingerprint density at radius 2 is 1.64 bits per heavy atom. The van der Waals surface area contributed by atoms with Crippen LogP contribution in [-0.4, -0.2) is 44.1 Å². The van der Waals surface area contributed by atoms with Crippen molar-refractivity contribution in [3.8, 4) is 11.5 Å². The van der Waals surface area contributed by atoms with E-state index in [1.807, 2.05) is 78.9 Å². The average Bonchev–Trinajstić information content (AvgIpc) is 3.33. The minimum absolute atomic E-state index is 0.0877. The van der Waals surface area contributed by atoms with Gasteiger partial charge in [-0.3, -0.25) is 4.79 Å². The molecule has 0 bridgehead atoms. The molecule has 0 saturated heterocycles. The second-order valence-electron chi connectivity index (χ2n) is 7.82. The summed E-state index contributed by atoms with van der Waals surface area (Å²) in [5.74, 6) is 1.23. The molecular formula is C27H28N2O4. The number of amides is 1. The van der Waals surface area contributed by atoms with Crippen LogP contribution in [0.1, 0.15) is 29.2 Å². The summed E-state index contributed by atoms with van der Waals surface area (Å²) in [6, 6.07) is 25.2. The summed E-state index contributed by atoms with van der Waals surface area (Å²) in [5.41, 5.74) is 4.05. The Labute approximate surface area is 194 Å². The van der Waals surface area contributed by atoms with Gasteiger partial charge in [0.1, 0.15) is 11.5 Å². The van der Waals surface area contributed by atoms with Crippen LogP contribution >= 0.6 is 0 Å². The fourth-order valence-corrected chi connectivity index (χ4v) is 3.81. The van der Waals surface area contributed by atoms with Crippen LogP contribution in [0, 0.1) is 0 Å². The Balaban J connectivity index is 1.49. The van der Waals surface area contributed by atoms with E-state index in [4.69, 9.17) is 19.3 Å². The molecule has 1 amide bonds. The van der Waals surface area contributed by atoms with Gasteiger partial charge in [0, 0.05) is 13.5 Å². The van der Waals surface area contributed by atoms with Crippen molar-refractivity contribution < 1.29 is 19.0 Å². The van der Waals surface area contributed by atoms with Crippen molar-refractivity contribution in [3.05, 3.63) is 95.6 Å². The zero-order valence-corrected chi connectivity index (χ0v) is 18.9. The molecule has 4 rings (SSSR count). The second kappa shape index (κ2) is 10.8. The number of carbonyl (C=O) groups excluding carboxylic acids is 1. The lowest BCUT2D eigenvalue weighted by atomic mass is 9.98. The third-order valence-electron chi connectivity index (χ3n) is 5.65. The van der Waals surface area contributed by atoms with Gasteiger partial charge in [0.25, 0.3) is 5.91 Å². The maximum absolute atomic E-state index is 13.2. The third kappa shape index (κ3) is 5.59. The Hall–Kier alpha value is -3.64. The van der Waals surface area contributed by atoms with E-state index < -0.39 is 0 Å². The molecule has 3 aromatic carbocycles. The number of hydrogen-bond donors (Lipinski definition) is 0. The van der Waals surface area contributed by atoms with E-state index in [2.05, 4.69) is 0 Å². The van der Waals surface area contributed by atoms with E-state index in [0.717, 1.165) is 34.6 Å². The van der Waals surface area contributed by atoms with Crippen LogP contribution in [0.5, 0.6) is 11.5 Å². The van der Waals surface area contributed by atoms with Crippen LogP contribution in [0.2, 0.25) is 0 Å². The average molecular weight is 445 g/mol. The summed E-state index contributed by atoms with van der Waals surface area (Å²) in [6.07, 6.45) is 1.47. The Morgan fingerprint density at radius 1 is 0.939 bits per heavy atom. The lowest BCUT2D eigenvalue weighted by Crippen LogP contribution is -2.31. The largest absolute Gasteiger partial charge is 0.497 e. The van der Waals surface area contributed by atoms with Gasteiger partial charge in [-0.05, 0) is 47.4 Å². The first-order valence-corrected chi connectivity index (χ1v) is 11.0. The van der Waals surface area contributed by atoms with Crippen LogP contribution in [0.15, 0.2) is 84.0 Å². The fraction of sp³-hybridized carbons (Fsp3) is 0.259. The molecule has 0 spiro atoms. The van der Waals surface area contributed by atoms with Gasteiger partial charge in [-0.25, -0.2) is 5.01 Å². The lowest BCUT2D eigenvalue weighted by molar-refractivity contribution is -0.135. The number of benzene rings is 3. The summed E-state index contributed by atoms with van der Waals surface area (Å²) >= 11 is 0. The summed E-state index contributed by atoms with van der Waals surface area (Å²) in [7, 11) is 3.32. The van der Waals surface area contributed by atoms with Crippen LogP contribution < -0.4 is 9.47 Å². The minimum atomic E-state index is -0.196. The summed E-state index contributed by atoms with van der Waals surface area (Å²) in [5, 5.41) is 6.25. The SMILES string of the molecule is COCCc1ccc(OCC(=O)N2N=C(c3ccccc3)CC2c2ccc(OC)cc2)cc1. The molecule has 0 aliphatic carbocycles. The zero-order chi connectivity index (χ0) is 23.0. The fourth-order valence-electron chi connectivity index (χ4n) is 3.81. The number of ether oxygens (including phenoxy) is 3. The van der Waals surface area contributed by atoms with Crippen molar-refractivity contribution in [1.82, 2.24) is 5.01 Å². The summed E-state index contributed by atoms with van der Waals surface area (Å²) < 4.78 is 16.2. The standard InChI is InChI=1S/C27H28N2O4/c1-31-17-16-20-8-12-24(13-9-20)33-19-27(30)29-26(22-10-14-23(32-2)15-11-22)18-25(28-29)21-6-4-3-5-7-21/h3-15,26H,16-19H2,1-2H3. The third-order valence-corrected chi connectivity index (χ3v) is 5.65. The van der Waals surface area contributed by atoms with Gasteiger partial charge in [-0.15, -0.1) is 0 Å². The van der Waals surface area contributed by atoms with Gasteiger partial charge in [-0.2, -0.15) is 5.10 Å². The molecule has 1 aliphatic heterocycles. The molecule has 0 N–H and O–H groups in total. The smallest absolute Gasteiger partial charge is 0.281 e. The van der Waals surface area contributed by atoms with E-state index in [-0.39, 0.29) is 18.6 Å². The maximum Gasteiger partial charge on any atom is 0.281 e. The van der Waals surface area contributed by atoms with Crippen molar-refractivity contribution in [1.29, 1.82) is 0 Å². The molecule has 0 fully saturated rings. The van der Waals surface area contributed by atoms with Crippen LogP contribution in [0.25, 0.3) is 0 Å². The van der Waals surface area contributed by atoms with E-state index >= 15 is 0 Å². The van der Waals surface area contributed by atoms with Gasteiger partial charge in [-0.1, -0.05) is 54.6 Å². The van der Waals surface area contributed by atoms with Gasteiger partial charge < -0.3 is 14.2 Å². The topological polar surface area (TPSA) is 60.4 Å². The van der Waals surface area contributed by atoms with Gasteiger partial charge in [0.15, 0.2) is 6.61 Å². The van der Waals surface area contributed by atoms with Gasteiger partial charge in [0.05, 0.1) is 25.5 Å². The van der Waals surface area contributed by atoms with Crippen molar-refractivity contribution in [2.45, 2.75) is 18.9 Å². The summed E-state index contributed by atoms with van der Waals surface area (Å²) in [4.78, 5) is 13.2. The molecule has 1 aliphatic rings. The Morgan fingerprint density at radius 3 is 2.30 bits per heavy atom. The van der Waals surface area contributed by atoms with Crippen molar-refractivity contribution in [2.24, 2.45) is 5.10 Å². The minimum Gasteiger partial charge on any atom is -0.497 e. The summed E-state index contributed by atoms with van der Waals surface area (Å²) in [6.45, 7) is 0.581. The molecule has 1 unspecified atom stereocenters. The van der Waals surface area contributed by atoms with E-state index in [9.17, 15) is 4.79 Å². The predicted octanol–water partition coefficient (Wildman–Crippen LogP) is 4.64. The maximum atomic E-state index is 13.2. The van der Waals surface area contributed by atoms with Gasteiger partial charge >= 0.3 is 0 Å². The van der Waals surface area contributed by atoms with E-state index in [0.29, 0.717) is 18.8 Å². The molecule has 6 heteroatoms. The first-order valence-electron chi connectivity index (χ1n) is 11.0. The van der Waals surface area contributed by atoms with E-state index in [1.165, 1.54) is 0 Å². The molecule has 1 heterocycles. The number of carbonyl (C=O) groups is 1. The monoisotopic (exact) mass is 444 g/mol. The highest BCUT2D eigenvalue weighted by Gasteiger charge is 2.33. The molecule has 0 saturated carbocycles. The van der Waals surface area contributed by atoms with Crippen LogP contribution in [0.4, 0.5) is 0 Å². The van der Waals surface area contributed by atoms with Crippen molar-refractivity contribution >= 4 is 11.6 Å². The highest BCUT2D eigenvalue weighted by Crippen LogP contribution is 2.33. The molecule has 1 atom stereocenters. The second-order valence-corrected chi connectivity index (χ2v) is 7.82. The van der Waals surface area contributed by atoms with Crippen molar-refractivity contribution in [3.63, 3.8) is 0 Å². The Bertz CT molecular complexity index is 1080. The lowest BCUT2D eigenvalue weighted by Gasteiger charge is -2.22. The normalized spacial score (nSPS) is 15.3. The van der Waals surface area contributed by atoms with Crippen LogP contribution in [-0.2, 0) is 16.0 Å². The Kier molecular flexibility index (Phi) is 7.37. The zero-order valence-electron chi connectivity index (χ0n) is 18.9. The molecule has 33 heavy (non-hydrogen) atoms. The first-order chi connectivity index (χ1) is 16.2. The highest BCUT2D eigenvalue weighted by atomic mass is 16.5. The molecule has 6 nitrogen and oxygen atoms in total. The molecule has 0 radical (unpaired) electrons. The van der Waals surface area contributed by atoms with Crippen molar-refractivity contribution in [2.75, 3.05) is 27.4 Å². The number of methoxy groups -OCH3 is 2. The molecule has 3 aromatic rings. The highest BCUT2D eigenvalue weighted by molar-refractivity contribution is 6.03. The van der Waals surface area contributed by atoms with E-state index in [1.54, 1.807) is 19.2 Å². The number of hydrazone groups is 1.